The molecular weight excluding hydrogens is 312 g/mol. The van der Waals surface area contributed by atoms with Gasteiger partial charge in [-0.3, -0.25) is 4.79 Å². The van der Waals surface area contributed by atoms with E-state index >= 15 is 0 Å². The van der Waals surface area contributed by atoms with Crippen molar-refractivity contribution in [3.8, 4) is 0 Å². The van der Waals surface area contributed by atoms with Crippen LogP contribution in [0, 0.1) is 5.92 Å². The van der Waals surface area contributed by atoms with Crippen LogP contribution in [0.4, 0.5) is 0 Å². The van der Waals surface area contributed by atoms with E-state index in [0.29, 0.717) is 18.5 Å². The minimum atomic E-state index is -0.00177. The van der Waals surface area contributed by atoms with E-state index in [2.05, 4.69) is 28.2 Å². The second kappa shape index (κ2) is 7.16. The summed E-state index contributed by atoms with van der Waals surface area (Å²) < 4.78 is 2.24. The zero-order valence-electron chi connectivity index (χ0n) is 15.0. The summed E-state index contributed by atoms with van der Waals surface area (Å²) in [6, 6.07) is 8.79. The first kappa shape index (κ1) is 16.6. The topological polar surface area (TPSA) is 59.0 Å². The molecular formula is C20H28N4O. The standard InChI is InChI=1S/C20H28N4O/c1-2-24-18-10-6-5-9-16(18)23-19(24)11-12-21-20(25)17-13-14-7-3-4-8-15(14)22-17/h5-6,9-10,14-15,17,22H,2-4,7-8,11-13H2,1H3,(H,21,25). The van der Waals surface area contributed by atoms with Crippen LogP contribution >= 0.6 is 0 Å². The molecule has 1 amide bonds. The van der Waals surface area contributed by atoms with Crippen molar-refractivity contribution in [1.82, 2.24) is 20.2 Å². The van der Waals surface area contributed by atoms with Gasteiger partial charge >= 0.3 is 0 Å². The van der Waals surface area contributed by atoms with E-state index in [1.54, 1.807) is 0 Å². The molecule has 2 aliphatic rings. The highest BCUT2D eigenvalue weighted by atomic mass is 16.2. The third-order valence-electron chi connectivity index (χ3n) is 5.88. The van der Waals surface area contributed by atoms with Crippen LogP contribution in [0.25, 0.3) is 11.0 Å². The molecule has 1 aromatic carbocycles. The summed E-state index contributed by atoms with van der Waals surface area (Å²) in [6.07, 6.45) is 6.91. The van der Waals surface area contributed by atoms with E-state index in [1.807, 2.05) is 18.2 Å². The van der Waals surface area contributed by atoms with Crippen molar-refractivity contribution < 1.29 is 4.79 Å². The molecule has 5 heteroatoms. The number of imidazole rings is 1. The molecule has 1 aliphatic heterocycles. The third-order valence-corrected chi connectivity index (χ3v) is 5.88. The van der Waals surface area contributed by atoms with Gasteiger partial charge in [-0.2, -0.15) is 0 Å². The molecule has 25 heavy (non-hydrogen) atoms. The molecule has 5 nitrogen and oxygen atoms in total. The number of amides is 1. The first-order valence-electron chi connectivity index (χ1n) is 9.74. The average Bonchev–Trinajstić information content (AvgIpc) is 3.22. The summed E-state index contributed by atoms with van der Waals surface area (Å²) in [4.78, 5) is 17.2. The van der Waals surface area contributed by atoms with Crippen LogP contribution < -0.4 is 10.6 Å². The Hall–Kier alpha value is -1.88. The van der Waals surface area contributed by atoms with Crippen LogP contribution in [0.15, 0.2) is 24.3 Å². The number of para-hydroxylation sites is 2. The number of rotatable bonds is 5. The molecule has 1 aliphatic carbocycles. The monoisotopic (exact) mass is 340 g/mol. The number of benzene rings is 1. The Morgan fingerprint density at radius 1 is 1.32 bits per heavy atom. The Balaban J connectivity index is 1.34. The summed E-state index contributed by atoms with van der Waals surface area (Å²) in [5.74, 6) is 1.92. The minimum absolute atomic E-state index is 0.00177. The van der Waals surface area contributed by atoms with Crippen molar-refractivity contribution >= 4 is 16.9 Å². The van der Waals surface area contributed by atoms with Crippen molar-refractivity contribution in [2.24, 2.45) is 5.92 Å². The SMILES string of the molecule is CCn1c(CCNC(=O)C2CC3CCCCC3N2)nc2ccccc21. The van der Waals surface area contributed by atoms with Gasteiger partial charge < -0.3 is 15.2 Å². The fourth-order valence-electron chi connectivity index (χ4n) is 4.61. The summed E-state index contributed by atoms with van der Waals surface area (Å²) in [5.41, 5.74) is 2.21. The van der Waals surface area contributed by atoms with E-state index in [1.165, 1.54) is 31.2 Å². The maximum atomic E-state index is 12.5. The molecule has 0 bridgehead atoms. The normalized spacial score (nSPS) is 25.9. The van der Waals surface area contributed by atoms with Gasteiger partial charge in [0.1, 0.15) is 5.82 Å². The largest absolute Gasteiger partial charge is 0.354 e. The highest BCUT2D eigenvalue weighted by molar-refractivity contribution is 5.82. The van der Waals surface area contributed by atoms with E-state index in [9.17, 15) is 4.79 Å². The molecule has 1 saturated heterocycles. The fourth-order valence-corrected chi connectivity index (χ4v) is 4.61. The summed E-state index contributed by atoms with van der Waals surface area (Å²) in [5, 5.41) is 6.68. The molecule has 1 saturated carbocycles. The van der Waals surface area contributed by atoms with E-state index in [0.717, 1.165) is 30.7 Å². The van der Waals surface area contributed by atoms with Crippen molar-refractivity contribution in [3.05, 3.63) is 30.1 Å². The number of nitrogens with one attached hydrogen (secondary N) is 2. The van der Waals surface area contributed by atoms with E-state index < -0.39 is 0 Å². The molecule has 0 spiro atoms. The Kier molecular flexibility index (Phi) is 4.75. The highest BCUT2D eigenvalue weighted by Gasteiger charge is 2.37. The second-order valence-electron chi connectivity index (χ2n) is 7.41. The summed E-state index contributed by atoms with van der Waals surface area (Å²) >= 11 is 0. The summed E-state index contributed by atoms with van der Waals surface area (Å²) in [6.45, 7) is 3.69. The maximum Gasteiger partial charge on any atom is 0.237 e. The van der Waals surface area contributed by atoms with Crippen LogP contribution in [0.2, 0.25) is 0 Å². The highest BCUT2D eigenvalue weighted by Crippen LogP contribution is 2.33. The lowest BCUT2D eigenvalue weighted by Crippen LogP contribution is -2.43. The van der Waals surface area contributed by atoms with Crippen molar-refractivity contribution in [2.45, 2.75) is 64.1 Å². The number of carbonyl (C=O) groups is 1. The molecule has 134 valence electrons. The first-order valence-corrected chi connectivity index (χ1v) is 9.74. The van der Waals surface area contributed by atoms with Gasteiger partial charge in [-0.25, -0.2) is 4.98 Å². The average molecular weight is 340 g/mol. The Morgan fingerprint density at radius 3 is 3.00 bits per heavy atom. The molecule has 0 radical (unpaired) electrons. The Morgan fingerprint density at radius 2 is 2.16 bits per heavy atom. The summed E-state index contributed by atoms with van der Waals surface area (Å²) in [7, 11) is 0. The van der Waals surface area contributed by atoms with Crippen LogP contribution in [-0.4, -0.2) is 34.1 Å². The zero-order valence-corrected chi connectivity index (χ0v) is 15.0. The van der Waals surface area contributed by atoms with Gasteiger partial charge in [0.15, 0.2) is 0 Å². The maximum absolute atomic E-state index is 12.5. The third kappa shape index (κ3) is 3.30. The number of aromatic nitrogens is 2. The molecule has 1 aromatic heterocycles. The predicted molar refractivity (Wildman–Crippen MR) is 99.4 cm³/mol. The van der Waals surface area contributed by atoms with Gasteiger partial charge in [0.2, 0.25) is 5.91 Å². The number of hydrogen-bond donors (Lipinski definition) is 2. The van der Waals surface area contributed by atoms with Crippen molar-refractivity contribution in [3.63, 3.8) is 0 Å². The molecule has 2 aromatic rings. The van der Waals surface area contributed by atoms with Gasteiger partial charge in [-0.1, -0.05) is 25.0 Å². The Bertz CT molecular complexity index is 739. The minimum Gasteiger partial charge on any atom is -0.354 e. The van der Waals surface area contributed by atoms with Crippen LogP contribution in [-0.2, 0) is 17.8 Å². The lowest BCUT2D eigenvalue weighted by Gasteiger charge is -2.24. The number of carbonyl (C=O) groups excluding carboxylic acids is 1. The van der Waals surface area contributed by atoms with Gasteiger partial charge in [-0.05, 0) is 44.2 Å². The number of fused-ring (bicyclic) bond motifs is 2. The van der Waals surface area contributed by atoms with Crippen molar-refractivity contribution in [1.29, 1.82) is 0 Å². The van der Waals surface area contributed by atoms with Crippen LogP contribution in [0.3, 0.4) is 0 Å². The van der Waals surface area contributed by atoms with Gasteiger partial charge in [0, 0.05) is 25.6 Å². The molecule has 4 rings (SSSR count). The van der Waals surface area contributed by atoms with Gasteiger partial charge in [0.25, 0.3) is 0 Å². The van der Waals surface area contributed by atoms with E-state index in [-0.39, 0.29) is 11.9 Å². The zero-order chi connectivity index (χ0) is 17.2. The lowest BCUT2D eigenvalue weighted by atomic mass is 9.85. The molecule has 3 unspecified atom stereocenters. The molecule has 2 heterocycles. The number of hydrogen-bond acceptors (Lipinski definition) is 3. The second-order valence-corrected chi connectivity index (χ2v) is 7.41. The molecule has 2 fully saturated rings. The van der Waals surface area contributed by atoms with E-state index in [4.69, 9.17) is 4.98 Å². The first-order chi connectivity index (χ1) is 12.3. The van der Waals surface area contributed by atoms with Gasteiger partial charge in [-0.15, -0.1) is 0 Å². The Labute approximate surface area is 149 Å². The number of aryl methyl sites for hydroxylation is 1. The smallest absolute Gasteiger partial charge is 0.237 e. The van der Waals surface area contributed by atoms with Gasteiger partial charge in [0.05, 0.1) is 17.1 Å². The molecule has 3 atom stereocenters. The molecule has 2 N–H and O–H groups in total. The lowest BCUT2D eigenvalue weighted by molar-refractivity contribution is -0.122. The van der Waals surface area contributed by atoms with Crippen LogP contribution in [0.5, 0.6) is 0 Å². The predicted octanol–water partition coefficient (Wildman–Crippen LogP) is 2.64. The fraction of sp³-hybridized carbons (Fsp3) is 0.600. The van der Waals surface area contributed by atoms with Crippen LogP contribution in [0.1, 0.15) is 44.9 Å². The van der Waals surface area contributed by atoms with Crippen molar-refractivity contribution in [2.75, 3.05) is 6.54 Å². The quantitative estimate of drug-likeness (QED) is 0.880. The number of nitrogens with zero attached hydrogens (tertiary/aromatic N) is 2.